The number of nitrogens with zero attached hydrogens (tertiary/aromatic N) is 1. The summed E-state index contributed by atoms with van der Waals surface area (Å²) in [5.74, 6) is -2.27. The fourth-order valence-electron chi connectivity index (χ4n) is 1.68. The Hall–Kier alpha value is -2.76. The van der Waals surface area contributed by atoms with Crippen molar-refractivity contribution >= 4 is 17.6 Å². The second-order valence-electron chi connectivity index (χ2n) is 4.16. The van der Waals surface area contributed by atoms with E-state index in [2.05, 4.69) is 10.3 Å². The Morgan fingerprint density at radius 1 is 1.20 bits per heavy atom. The molecule has 0 fully saturated rings. The van der Waals surface area contributed by atoms with Crippen LogP contribution in [-0.2, 0) is 0 Å². The van der Waals surface area contributed by atoms with Gasteiger partial charge in [-0.1, -0.05) is 0 Å². The zero-order chi connectivity index (χ0) is 14.7. The third-order valence-corrected chi connectivity index (χ3v) is 2.71. The summed E-state index contributed by atoms with van der Waals surface area (Å²) < 4.78 is 12.9. The highest BCUT2D eigenvalue weighted by Crippen LogP contribution is 2.17. The number of amides is 1. The topological polar surface area (TPSA) is 79.3 Å². The Balaban J connectivity index is 2.22. The largest absolute Gasteiger partial charge is 0.478 e. The Kier molecular flexibility index (Phi) is 3.74. The van der Waals surface area contributed by atoms with Gasteiger partial charge in [0.2, 0.25) is 5.95 Å². The van der Waals surface area contributed by atoms with Gasteiger partial charge in [0.1, 0.15) is 0 Å². The lowest BCUT2D eigenvalue weighted by molar-refractivity contribution is 0.0696. The maximum absolute atomic E-state index is 12.9. The van der Waals surface area contributed by atoms with E-state index in [0.29, 0.717) is 11.3 Å². The van der Waals surface area contributed by atoms with Gasteiger partial charge < -0.3 is 10.4 Å². The second-order valence-corrected chi connectivity index (χ2v) is 4.16. The monoisotopic (exact) mass is 274 g/mol. The number of halogens is 1. The van der Waals surface area contributed by atoms with E-state index in [1.807, 2.05) is 0 Å². The van der Waals surface area contributed by atoms with Crippen LogP contribution < -0.4 is 5.32 Å². The molecule has 0 aliphatic carbocycles. The number of carboxylic acid groups (broad SMARTS) is 1. The van der Waals surface area contributed by atoms with Crippen LogP contribution in [-0.4, -0.2) is 22.0 Å². The van der Waals surface area contributed by atoms with Gasteiger partial charge in [0.25, 0.3) is 5.91 Å². The smallest absolute Gasteiger partial charge is 0.335 e. The number of benzene rings is 1. The van der Waals surface area contributed by atoms with Crippen molar-refractivity contribution in [3.05, 3.63) is 59.2 Å². The standard InChI is InChI=1S/C14H11FN2O3/c1-8-6-10(14(19)20)2-3-11(8)17-13(18)9-4-5-16-12(15)7-9/h2-7H,1H3,(H,17,18)(H,19,20). The van der Waals surface area contributed by atoms with Crippen LogP contribution >= 0.6 is 0 Å². The van der Waals surface area contributed by atoms with Gasteiger partial charge in [-0.3, -0.25) is 4.79 Å². The summed E-state index contributed by atoms with van der Waals surface area (Å²) in [6, 6.07) is 6.74. The summed E-state index contributed by atoms with van der Waals surface area (Å²) in [7, 11) is 0. The van der Waals surface area contributed by atoms with Crippen molar-refractivity contribution < 1.29 is 19.1 Å². The number of aryl methyl sites for hydroxylation is 1. The molecule has 5 nitrogen and oxygen atoms in total. The Bertz CT molecular complexity index is 686. The van der Waals surface area contributed by atoms with E-state index in [0.717, 1.165) is 6.07 Å². The van der Waals surface area contributed by atoms with Gasteiger partial charge >= 0.3 is 5.97 Å². The summed E-state index contributed by atoms with van der Waals surface area (Å²) in [6.07, 6.45) is 1.20. The maximum atomic E-state index is 12.9. The van der Waals surface area contributed by atoms with Crippen molar-refractivity contribution in [2.45, 2.75) is 6.92 Å². The first-order valence-corrected chi connectivity index (χ1v) is 5.74. The number of carboxylic acids is 1. The highest BCUT2D eigenvalue weighted by molar-refractivity contribution is 6.04. The van der Waals surface area contributed by atoms with Crippen LogP contribution in [0.3, 0.4) is 0 Å². The highest BCUT2D eigenvalue weighted by Gasteiger charge is 2.10. The molecule has 1 amide bonds. The summed E-state index contributed by atoms with van der Waals surface area (Å²) in [5.41, 5.74) is 1.35. The molecule has 0 spiro atoms. The van der Waals surface area contributed by atoms with Gasteiger partial charge in [0.15, 0.2) is 0 Å². The van der Waals surface area contributed by atoms with Crippen LogP contribution in [0.25, 0.3) is 0 Å². The Morgan fingerprint density at radius 2 is 1.95 bits per heavy atom. The number of pyridine rings is 1. The van der Waals surface area contributed by atoms with Gasteiger partial charge in [0.05, 0.1) is 5.56 Å². The molecule has 0 unspecified atom stereocenters. The predicted octanol–water partition coefficient (Wildman–Crippen LogP) is 2.48. The van der Waals surface area contributed by atoms with Crippen molar-refractivity contribution in [2.75, 3.05) is 5.32 Å². The first kappa shape index (κ1) is 13.7. The third-order valence-electron chi connectivity index (χ3n) is 2.71. The molecular weight excluding hydrogens is 263 g/mol. The second kappa shape index (κ2) is 5.48. The van der Waals surface area contributed by atoms with Gasteiger partial charge in [-0.25, -0.2) is 9.78 Å². The zero-order valence-electron chi connectivity index (χ0n) is 10.6. The minimum atomic E-state index is -1.04. The zero-order valence-corrected chi connectivity index (χ0v) is 10.6. The third kappa shape index (κ3) is 2.97. The van der Waals surface area contributed by atoms with E-state index >= 15 is 0 Å². The number of carbonyl (C=O) groups excluding carboxylic acids is 1. The summed E-state index contributed by atoms with van der Waals surface area (Å²) in [5, 5.41) is 11.4. The normalized spacial score (nSPS) is 10.1. The first-order chi connectivity index (χ1) is 9.47. The number of rotatable bonds is 3. The maximum Gasteiger partial charge on any atom is 0.335 e. The van der Waals surface area contributed by atoms with Crippen molar-refractivity contribution in [3.8, 4) is 0 Å². The quantitative estimate of drug-likeness (QED) is 0.843. The van der Waals surface area contributed by atoms with Gasteiger partial charge in [-0.05, 0) is 36.8 Å². The number of carbonyl (C=O) groups is 2. The van der Waals surface area contributed by atoms with E-state index in [-0.39, 0.29) is 11.1 Å². The van der Waals surface area contributed by atoms with Crippen molar-refractivity contribution in [2.24, 2.45) is 0 Å². The number of aromatic carboxylic acids is 1. The van der Waals surface area contributed by atoms with Crippen LogP contribution in [0.5, 0.6) is 0 Å². The summed E-state index contributed by atoms with van der Waals surface area (Å²) >= 11 is 0. The number of hydrogen-bond acceptors (Lipinski definition) is 3. The summed E-state index contributed by atoms with van der Waals surface area (Å²) in [4.78, 5) is 26.1. The van der Waals surface area contributed by atoms with Crippen molar-refractivity contribution in [3.63, 3.8) is 0 Å². The molecule has 0 saturated carbocycles. The molecule has 1 aromatic heterocycles. The fraction of sp³-hybridized carbons (Fsp3) is 0.0714. The molecule has 0 atom stereocenters. The predicted molar refractivity (Wildman–Crippen MR) is 70.3 cm³/mol. The number of nitrogens with one attached hydrogen (secondary N) is 1. The average molecular weight is 274 g/mol. The average Bonchev–Trinajstić information content (AvgIpc) is 2.40. The SMILES string of the molecule is Cc1cc(C(=O)O)ccc1NC(=O)c1ccnc(F)c1. The van der Waals surface area contributed by atoms with E-state index < -0.39 is 17.8 Å². The number of hydrogen-bond donors (Lipinski definition) is 2. The minimum Gasteiger partial charge on any atom is -0.478 e. The molecule has 20 heavy (non-hydrogen) atoms. The fourth-order valence-corrected chi connectivity index (χ4v) is 1.68. The van der Waals surface area contributed by atoms with Crippen LogP contribution in [0.15, 0.2) is 36.5 Å². The van der Waals surface area contributed by atoms with E-state index in [9.17, 15) is 14.0 Å². The van der Waals surface area contributed by atoms with Gasteiger partial charge in [-0.15, -0.1) is 0 Å². The molecule has 0 bridgehead atoms. The molecule has 2 rings (SSSR count). The highest BCUT2D eigenvalue weighted by atomic mass is 19.1. The molecule has 0 aliphatic rings. The lowest BCUT2D eigenvalue weighted by Gasteiger charge is -2.09. The Morgan fingerprint density at radius 3 is 2.55 bits per heavy atom. The van der Waals surface area contributed by atoms with E-state index in [4.69, 9.17) is 5.11 Å². The molecule has 2 aromatic rings. The van der Waals surface area contributed by atoms with Crippen molar-refractivity contribution in [1.29, 1.82) is 0 Å². The van der Waals surface area contributed by atoms with E-state index in [1.165, 1.54) is 30.5 Å². The molecule has 1 aromatic carbocycles. The molecule has 1 heterocycles. The summed E-state index contributed by atoms with van der Waals surface area (Å²) in [6.45, 7) is 1.68. The lowest BCUT2D eigenvalue weighted by atomic mass is 10.1. The molecule has 0 radical (unpaired) electrons. The molecule has 0 aliphatic heterocycles. The molecular formula is C14H11FN2O3. The molecule has 102 valence electrons. The van der Waals surface area contributed by atoms with E-state index in [1.54, 1.807) is 6.92 Å². The molecule has 2 N–H and O–H groups in total. The first-order valence-electron chi connectivity index (χ1n) is 5.74. The van der Waals surface area contributed by atoms with Gasteiger partial charge in [-0.2, -0.15) is 4.39 Å². The number of aromatic nitrogens is 1. The van der Waals surface area contributed by atoms with Crippen LogP contribution in [0.2, 0.25) is 0 Å². The number of anilines is 1. The van der Waals surface area contributed by atoms with Crippen molar-refractivity contribution in [1.82, 2.24) is 4.98 Å². The minimum absolute atomic E-state index is 0.135. The molecule has 0 saturated heterocycles. The van der Waals surface area contributed by atoms with Crippen LogP contribution in [0.1, 0.15) is 26.3 Å². The lowest BCUT2D eigenvalue weighted by Crippen LogP contribution is -2.13. The van der Waals surface area contributed by atoms with Crippen LogP contribution in [0, 0.1) is 12.9 Å². The Labute approximate surface area is 114 Å². The van der Waals surface area contributed by atoms with Crippen LogP contribution in [0.4, 0.5) is 10.1 Å². The van der Waals surface area contributed by atoms with Gasteiger partial charge in [0, 0.05) is 23.5 Å². The molecule has 6 heteroatoms.